The summed E-state index contributed by atoms with van der Waals surface area (Å²) in [7, 11) is 2.13. The number of benzene rings is 1. The van der Waals surface area contributed by atoms with E-state index in [1.807, 2.05) is 0 Å². The summed E-state index contributed by atoms with van der Waals surface area (Å²) in [5.74, 6) is 0.760. The van der Waals surface area contributed by atoms with Gasteiger partial charge in [-0.15, -0.1) is 0 Å². The van der Waals surface area contributed by atoms with Crippen molar-refractivity contribution < 1.29 is 0 Å². The Morgan fingerprint density at radius 3 is 2.45 bits per heavy atom. The van der Waals surface area contributed by atoms with Gasteiger partial charge in [0.05, 0.1) is 0 Å². The van der Waals surface area contributed by atoms with E-state index in [9.17, 15) is 0 Å². The molecule has 20 heavy (non-hydrogen) atoms. The molecule has 2 unspecified atom stereocenters. The number of likely N-dealkylation sites (N-methyl/N-ethyl adjacent to an activating group) is 1. The quantitative estimate of drug-likeness (QED) is 0.588. The predicted octanol–water partition coefficient (Wildman–Crippen LogP) is 5.06. The third-order valence-corrected chi connectivity index (χ3v) is 4.87. The van der Waals surface area contributed by atoms with Crippen molar-refractivity contribution in [3.63, 3.8) is 0 Å². The Morgan fingerprint density at radius 1 is 1.05 bits per heavy atom. The van der Waals surface area contributed by atoms with E-state index in [1.54, 1.807) is 11.1 Å². The Balaban J connectivity index is 1.64. The van der Waals surface area contributed by atoms with Gasteiger partial charge in [-0.3, -0.25) is 0 Å². The lowest BCUT2D eigenvalue weighted by molar-refractivity contribution is 0.386. The van der Waals surface area contributed by atoms with E-state index in [-0.39, 0.29) is 0 Å². The van der Waals surface area contributed by atoms with Crippen molar-refractivity contribution in [2.45, 2.75) is 76.7 Å². The summed E-state index contributed by atoms with van der Waals surface area (Å²) in [5.41, 5.74) is 3.16. The highest BCUT2D eigenvalue weighted by Crippen LogP contribution is 2.38. The van der Waals surface area contributed by atoms with Crippen LogP contribution in [0.25, 0.3) is 0 Å². The molecule has 1 heteroatoms. The van der Waals surface area contributed by atoms with E-state index in [0.717, 1.165) is 5.92 Å². The second kappa shape index (κ2) is 8.46. The Labute approximate surface area is 125 Å². The van der Waals surface area contributed by atoms with Gasteiger partial charge in [0.15, 0.2) is 0 Å². The fraction of sp³-hybridized carbons (Fsp3) is 0.684. The van der Waals surface area contributed by atoms with Crippen LogP contribution in [0.15, 0.2) is 24.3 Å². The van der Waals surface area contributed by atoms with Gasteiger partial charge in [0.1, 0.15) is 0 Å². The van der Waals surface area contributed by atoms with Gasteiger partial charge >= 0.3 is 0 Å². The van der Waals surface area contributed by atoms with Crippen LogP contribution in [0.3, 0.4) is 0 Å². The molecule has 1 N–H and O–H groups in total. The maximum Gasteiger partial charge on any atom is 0.0136 e. The number of unbranched alkanes of at least 4 members (excludes halogenated alkanes) is 6. The minimum absolute atomic E-state index is 0.681. The van der Waals surface area contributed by atoms with Crippen LogP contribution in [0.5, 0.6) is 0 Å². The molecule has 0 bridgehead atoms. The summed E-state index contributed by atoms with van der Waals surface area (Å²) in [6.45, 7) is 2.29. The minimum atomic E-state index is 0.681. The summed E-state index contributed by atoms with van der Waals surface area (Å²) < 4.78 is 0. The molecule has 2 rings (SSSR count). The highest BCUT2D eigenvalue weighted by Gasteiger charge is 2.31. The van der Waals surface area contributed by atoms with Gasteiger partial charge in [-0.1, -0.05) is 76.1 Å². The first-order chi connectivity index (χ1) is 9.86. The van der Waals surface area contributed by atoms with Crippen molar-refractivity contribution in [2.24, 2.45) is 0 Å². The van der Waals surface area contributed by atoms with Gasteiger partial charge in [0.2, 0.25) is 0 Å². The fourth-order valence-electron chi connectivity index (χ4n) is 3.52. The lowest BCUT2D eigenvalue weighted by Crippen LogP contribution is -2.38. The molecule has 1 aromatic rings. The van der Waals surface area contributed by atoms with Crippen molar-refractivity contribution in [1.29, 1.82) is 0 Å². The van der Waals surface area contributed by atoms with Crippen LogP contribution < -0.4 is 5.32 Å². The molecule has 1 aliphatic rings. The maximum atomic E-state index is 3.56. The summed E-state index contributed by atoms with van der Waals surface area (Å²) in [6.07, 6.45) is 12.5. The smallest absolute Gasteiger partial charge is 0.0136 e. The van der Waals surface area contributed by atoms with Gasteiger partial charge in [-0.05, 0) is 31.0 Å². The van der Waals surface area contributed by atoms with Gasteiger partial charge in [0, 0.05) is 12.0 Å². The Kier molecular flexibility index (Phi) is 6.59. The van der Waals surface area contributed by atoms with Gasteiger partial charge in [-0.2, -0.15) is 0 Å². The second-order valence-electron chi connectivity index (χ2n) is 6.31. The molecule has 2 atom stereocenters. The van der Waals surface area contributed by atoms with E-state index >= 15 is 0 Å². The van der Waals surface area contributed by atoms with Gasteiger partial charge < -0.3 is 5.32 Å². The Hall–Kier alpha value is -0.820. The number of rotatable bonds is 10. The molecule has 0 fully saturated rings. The zero-order valence-electron chi connectivity index (χ0n) is 13.3. The molecule has 0 radical (unpaired) electrons. The normalized spacial score (nSPS) is 18.4. The van der Waals surface area contributed by atoms with E-state index in [4.69, 9.17) is 0 Å². The zero-order valence-corrected chi connectivity index (χ0v) is 13.3. The average Bonchev–Trinajstić information content (AvgIpc) is 2.45. The highest BCUT2D eigenvalue weighted by molar-refractivity contribution is 5.41. The number of hydrogen-bond acceptors (Lipinski definition) is 1. The van der Waals surface area contributed by atoms with E-state index in [0.29, 0.717) is 6.04 Å². The number of fused-ring (bicyclic) bond motifs is 1. The molecule has 112 valence electrons. The number of nitrogens with one attached hydrogen (secondary N) is 1. The summed E-state index contributed by atoms with van der Waals surface area (Å²) >= 11 is 0. The molecule has 1 aromatic carbocycles. The van der Waals surface area contributed by atoms with Crippen LogP contribution in [0.1, 0.15) is 75.3 Å². The van der Waals surface area contributed by atoms with Gasteiger partial charge in [0.25, 0.3) is 0 Å². The lowest BCUT2D eigenvalue weighted by atomic mass is 9.72. The van der Waals surface area contributed by atoms with Crippen LogP contribution in [0, 0.1) is 0 Å². The van der Waals surface area contributed by atoms with Crippen molar-refractivity contribution >= 4 is 0 Å². The summed E-state index contributed by atoms with van der Waals surface area (Å²) in [6, 6.07) is 9.64. The monoisotopic (exact) mass is 273 g/mol. The molecule has 1 nitrogen and oxygen atoms in total. The highest BCUT2D eigenvalue weighted by atomic mass is 14.9. The predicted molar refractivity (Wildman–Crippen MR) is 88.3 cm³/mol. The molecule has 0 saturated heterocycles. The largest absolute Gasteiger partial charge is 0.316 e. The molecule has 0 amide bonds. The lowest BCUT2D eigenvalue weighted by Gasteiger charge is -2.36. The molecule has 0 saturated carbocycles. The summed E-state index contributed by atoms with van der Waals surface area (Å²) in [4.78, 5) is 0. The van der Waals surface area contributed by atoms with Crippen LogP contribution in [0.4, 0.5) is 0 Å². The molecule has 0 spiro atoms. The molecule has 0 aliphatic heterocycles. The Morgan fingerprint density at radius 2 is 1.75 bits per heavy atom. The van der Waals surface area contributed by atoms with Crippen LogP contribution >= 0.6 is 0 Å². The van der Waals surface area contributed by atoms with Crippen LogP contribution in [-0.2, 0) is 6.42 Å². The van der Waals surface area contributed by atoms with Gasteiger partial charge in [-0.25, -0.2) is 0 Å². The molecular weight excluding hydrogens is 242 g/mol. The van der Waals surface area contributed by atoms with E-state index in [1.165, 1.54) is 57.8 Å². The SMILES string of the molecule is CCCCCCCCCC(NC)C1Cc2ccccc21. The first kappa shape index (κ1) is 15.6. The van der Waals surface area contributed by atoms with Crippen molar-refractivity contribution in [3.8, 4) is 0 Å². The average molecular weight is 273 g/mol. The third kappa shape index (κ3) is 4.09. The zero-order chi connectivity index (χ0) is 14.2. The first-order valence-corrected chi connectivity index (χ1v) is 8.62. The van der Waals surface area contributed by atoms with Crippen molar-refractivity contribution in [2.75, 3.05) is 7.05 Å². The fourth-order valence-corrected chi connectivity index (χ4v) is 3.52. The summed E-state index contributed by atoms with van der Waals surface area (Å²) in [5, 5.41) is 3.56. The van der Waals surface area contributed by atoms with Crippen LogP contribution in [0.2, 0.25) is 0 Å². The van der Waals surface area contributed by atoms with Crippen LogP contribution in [-0.4, -0.2) is 13.1 Å². The van der Waals surface area contributed by atoms with Crippen molar-refractivity contribution in [1.82, 2.24) is 5.32 Å². The minimum Gasteiger partial charge on any atom is -0.316 e. The number of hydrogen-bond donors (Lipinski definition) is 1. The topological polar surface area (TPSA) is 12.0 Å². The molecular formula is C19H31N. The Bertz CT molecular complexity index is 385. The second-order valence-corrected chi connectivity index (χ2v) is 6.31. The van der Waals surface area contributed by atoms with E-state index < -0.39 is 0 Å². The third-order valence-electron chi connectivity index (χ3n) is 4.87. The maximum absolute atomic E-state index is 3.56. The van der Waals surface area contributed by atoms with E-state index in [2.05, 4.69) is 43.6 Å². The standard InChI is InChI=1S/C19H31N/c1-3-4-5-6-7-8-9-14-19(20-2)18-15-16-12-10-11-13-17(16)18/h10-13,18-20H,3-9,14-15H2,1-2H3. The molecule has 0 heterocycles. The molecule has 0 aromatic heterocycles. The first-order valence-electron chi connectivity index (χ1n) is 8.62. The van der Waals surface area contributed by atoms with Crippen molar-refractivity contribution in [3.05, 3.63) is 35.4 Å². The molecule has 1 aliphatic carbocycles.